The number of halogens is 1. The first-order chi connectivity index (χ1) is 9.75. The Bertz CT molecular complexity index is 605. The van der Waals surface area contributed by atoms with Crippen molar-refractivity contribution in [1.29, 1.82) is 0 Å². The zero-order chi connectivity index (χ0) is 13.9. The monoisotopic (exact) mass is 308 g/mol. The Labute approximate surface area is 130 Å². The predicted molar refractivity (Wildman–Crippen MR) is 86.0 cm³/mol. The van der Waals surface area contributed by atoms with Gasteiger partial charge in [-0.05, 0) is 44.8 Å². The molecule has 5 heteroatoms. The summed E-state index contributed by atoms with van der Waals surface area (Å²) in [5.41, 5.74) is 1.38. The lowest BCUT2D eigenvalue weighted by Gasteiger charge is -2.28. The molecular formula is C16H21ClN2O2. The van der Waals surface area contributed by atoms with Crippen LogP contribution in [0, 0.1) is 5.92 Å². The van der Waals surface area contributed by atoms with Crippen LogP contribution in [-0.2, 0) is 0 Å². The molecule has 1 aliphatic heterocycles. The van der Waals surface area contributed by atoms with E-state index in [1.807, 2.05) is 24.3 Å². The first kappa shape index (κ1) is 15.9. The number of para-hydroxylation sites is 1. The van der Waals surface area contributed by atoms with E-state index in [2.05, 4.69) is 17.6 Å². The van der Waals surface area contributed by atoms with Gasteiger partial charge in [-0.3, -0.25) is 4.79 Å². The molecule has 0 radical (unpaired) electrons. The van der Waals surface area contributed by atoms with Gasteiger partial charge < -0.3 is 15.1 Å². The summed E-state index contributed by atoms with van der Waals surface area (Å²) in [6, 6.07) is 7.79. The standard InChI is InChI=1S/C16H20N2O2.ClH/c1-11(12-5-4-8-17-9-12)18-16(19)14-10-20-15-7-3-2-6-13(14)15;/h2-3,6-7,10-12,17H,4-5,8-9H2,1H3,(H,18,19);1H. The van der Waals surface area contributed by atoms with Crippen LogP contribution in [0.2, 0.25) is 0 Å². The molecule has 2 heterocycles. The third-order valence-electron chi connectivity index (χ3n) is 4.13. The SMILES string of the molecule is CC(NC(=O)c1coc2ccccc12)C1CCCNC1.Cl. The zero-order valence-corrected chi connectivity index (χ0v) is 12.9. The molecule has 1 amide bonds. The average molecular weight is 309 g/mol. The van der Waals surface area contributed by atoms with Crippen LogP contribution in [0.4, 0.5) is 0 Å². The van der Waals surface area contributed by atoms with Crippen molar-refractivity contribution in [2.24, 2.45) is 5.92 Å². The molecule has 2 unspecified atom stereocenters. The number of nitrogens with one attached hydrogen (secondary N) is 2. The van der Waals surface area contributed by atoms with Gasteiger partial charge >= 0.3 is 0 Å². The molecule has 114 valence electrons. The van der Waals surface area contributed by atoms with E-state index in [1.165, 1.54) is 12.8 Å². The number of carbonyl (C=O) groups is 1. The van der Waals surface area contributed by atoms with Gasteiger partial charge in [0.15, 0.2) is 0 Å². The average Bonchev–Trinajstić information content (AvgIpc) is 2.92. The quantitative estimate of drug-likeness (QED) is 0.916. The van der Waals surface area contributed by atoms with E-state index in [0.717, 1.165) is 24.1 Å². The van der Waals surface area contributed by atoms with Gasteiger partial charge in [0.05, 0.1) is 5.56 Å². The Morgan fingerprint density at radius 3 is 3.00 bits per heavy atom. The summed E-state index contributed by atoms with van der Waals surface area (Å²) in [6.45, 7) is 4.15. The summed E-state index contributed by atoms with van der Waals surface area (Å²) in [5, 5.41) is 7.36. The number of hydrogen-bond acceptors (Lipinski definition) is 3. The van der Waals surface area contributed by atoms with Crippen molar-refractivity contribution in [3.8, 4) is 0 Å². The van der Waals surface area contributed by atoms with Gasteiger partial charge in [-0.25, -0.2) is 0 Å². The molecule has 1 aromatic heterocycles. The molecule has 2 aromatic rings. The summed E-state index contributed by atoms with van der Waals surface area (Å²) in [4.78, 5) is 12.4. The molecule has 2 atom stereocenters. The highest BCUT2D eigenvalue weighted by molar-refractivity contribution is 6.05. The Kier molecular flexibility index (Phi) is 5.26. The van der Waals surface area contributed by atoms with Crippen LogP contribution in [0.3, 0.4) is 0 Å². The highest BCUT2D eigenvalue weighted by atomic mass is 35.5. The topological polar surface area (TPSA) is 54.3 Å². The molecule has 0 aliphatic carbocycles. The molecule has 1 fully saturated rings. The predicted octanol–water partition coefficient (Wildman–Crippen LogP) is 2.97. The van der Waals surface area contributed by atoms with Crippen LogP contribution in [0.1, 0.15) is 30.1 Å². The maximum absolute atomic E-state index is 12.4. The van der Waals surface area contributed by atoms with Crippen molar-refractivity contribution in [1.82, 2.24) is 10.6 Å². The Balaban J connectivity index is 0.00000161. The summed E-state index contributed by atoms with van der Waals surface area (Å²) in [7, 11) is 0. The van der Waals surface area contributed by atoms with Crippen LogP contribution in [0.15, 0.2) is 34.9 Å². The molecule has 1 aliphatic rings. The molecule has 1 aromatic carbocycles. The summed E-state index contributed by atoms with van der Waals surface area (Å²) >= 11 is 0. The van der Waals surface area contributed by atoms with Crippen LogP contribution >= 0.6 is 12.4 Å². The lowest BCUT2D eigenvalue weighted by molar-refractivity contribution is 0.0922. The second-order valence-corrected chi connectivity index (χ2v) is 5.51. The molecule has 1 saturated heterocycles. The van der Waals surface area contributed by atoms with Crippen molar-refractivity contribution < 1.29 is 9.21 Å². The van der Waals surface area contributed by atoms with E-state index in [9.17, 15) is 4.79 Å². The largest absolute Gasteiger partial charge is 0.463 e. The number of hydrogen-bond donors (Lipinski definition) is 2. The number of amides is 1. The zero-order valence-electron chi connectivity index (χ0n) is 12.1. The fourth-order valence-electron chi connectivity index (χ4n) is 2.86. The Hall–Kier alpha value is -1.52. The molecule has 3 rings (SSSR count). The number of rotatable bonds is 3. The van der Waals surface area contributed by atoms with Gasteiger partial charge in [0.1, 0.15) is 11.8 Å². The molecule has 2 N–H and O–H groups in total. The molecule has 0 saturated carbocycles. The Morgan fingerprint density at radius 1 is 1.43 bits per heavy atom. The minimum atomic E-state index is -0.0481. The van der Waals surface area contributed by atoms with E-state index in [-0.39, 0.29) is 24.4 Å². The third-order valence-corrected chi connectivity index (χ3v) is 4.13. The molecule has 0 spiro atoms. The van der Waals surface area contributed by atoms with Gasteiger partial charge in [0.2, 0.25) is 0 Å². The molecule has 0 bridgehead atoms. The first-order valence-corrected chi connectivity index (χ1v) is 7.23. The molecular weight excluding hydrogens is 288 g/mol. The fourth-order valence-corrected chi connectivity index (χ4v) is 2.86. The lowest BCUT2D eigenvalue weighted by atomic mass is 9.92. The second-order valence-electron chi connectivity index (χ2n) is 5.51. The summed E-state index contributed by atoms with van der Waals surface area (Å²) in [6.07, 6.45) is 3.89. The number of carbonyl (C=O) groups excluding carboxylic acids is 1. The van der Waals surface area contributed by atoms with E-state index in [0.29, 0.717) is 11.5 Å². The highest BCUT2D eigenvalue weighted by Crippen LogP contribution is 2.21. The third kappa shape index (κ3) is 3.39. The van der Waals surface area contributed by atoms with Crippen molar-refractivity contribution in [3.05, 3.63) is 36.1 Å². The maximum atomic E-state index is 12.4. The van der Waals surface area contributed by atoms with E-state index < -0.39 is 0 Å². The number of furan rings is 1. The summed E-state index contributed by atoms with van der Waals surface area (Å²) in [5.74, 6) is 0.457. The van der Waals surface area contributed by atoms with Gasteiger partial charge in [-0.15, -0.1) is 12.4 Å². The van der Waals surface area contributed by atoms with Crippen LogP contribution in [-0.4, -0.2) is 25.0 Å². The summed E-state index contributed by atoms with van der Waals surface area (Å²) < 4.78 is 5.42. The number of fused-ring (bicyclic) bond motifs is 1. The Morgan fingerprint density at radius 2 is 2.24 bits per heavy atom. The van der Waals surface area contributed by atoms with Crippen molar-refractivity contribution in [3.63, 3.8) is 0 Å². The van der Waals surface area contributed by atoms with Crippen LogP contribution in [0.25, 0.3) is 11.0 Å². The van der Waals surface area contributed by atoms with E-state index >= 15 is 0 Å². The maximum Gasteiger partial charge on any atom is 0.255 e. The van der Waals surface area contributed by atoms with Crippen LogP contribution < -0.4 is 10.6 Å². The fraction of sp³-hybridized carbons (Fsp3) is 0.438. The van der Waals surface area contributed by atoms with Crippen molar-refractivity contribution >= 4 is 29.3 Å². The number of piperidine rings is 1. The molecule has 21 heavy (non-hydrogen) atoms. The van der Waals surface area contributed by atoms with Crippen LogP contribution in [0.5, 0.6) is 0 Å². The van der Waals surface area contributed by atoms with E-state index in [1.54, 1.807) is 6.26 Å². The minimum absolute atomic E-state index is 0. The van der Waals surface area contributed by atoms with Gasteiger partial charge in [0.25, 0.3) is 5.91 Å². The lowest BCUT2D eigenvalue weighted by Crippen LogP contribution is -2.44. The molecule has 4 nitrogen and oxygen atoms in total. The van der Waals surface area contributed by atoms with Gasteiger partial charge in [-0.1, -0.05) is 18.2 Å². The first-order valence-electron chi connectivity index (χ1n) is 7.23. The van der Waals surface area contributed by atoms with E-state index in [4.69, 9.17) is 4.42 Å². The number of benzene rings is 1. The van der Waals surface area contributed by atoms with Gasteiger partial charge in [0, 0.05) is 11.4 Å². The van der Waals surface area contributed by atoms with Gasteiger partial charge in [-0.2, -0.15) is 0 Å². The second kappa shape index (κ2) is 6.96. The van der Waals surface area contributed by atoms with Crippen molar-refractivity contribution in [2.75, 3.05) is 13.1 Å². The van der Waals surface area contributed by atoms with Crippen molar-refractivity contribution in [2.45, 2.75) is 25.8 Å². The minimum Gasteiger partial charge on any atom is -0.463 e. The highest BCUT2D eigenvalue weighted by Gasteiger charge is 2.23. The normalized spacial score (nSPS) is 19.8. The smallest absolute Gasteiger partial charge is 0.255 e.